The van der Waals surface area contributed by atoms with Gasteiger partial charge in [-0.25, -0.2) is 4.79 Å². The van der Waals surface area contributed by atoms with E-state index in [-0.39, 0.29) is 23.1 Å². The minimum atomic E-state index is -1.14. The number of nitro benzene ring substituents is 1. The molecule has 0 amide bonds. The molecule has 1 aromatic rings. The Kier molecular flexibility index (Phi) is 5.10. The van der Waals surface area contributed by atoms with Crippen LogP contribution in [0.15, 0.2) is 18.2 Å². The van der Waals surface area contributed by atoms with Crippen LogP contribution < -0.4 is 4.74 Å². The number of benzene rings is 1. The number of rotatable bonds is 7. The molecule has 0 aliphatic carbocycles. The summed E-state index contributed by atoms with van der Waals surface area (Å²) < 4.78 is 10.9. The Bertz CT molecular complexity index is 524. The number of hydrogen-bond acceptors (Lipinski definition) is 5. The van der Waals surface area contributed by atoms with Crippen molar-refractivity contribution in [3.8, 4) is 5.75 Å². The van der Waals surface area contributed by atoms with Crippen molar-refractivity contribution in [2.24, 2.45) is 0 Å². The van der Waals surface area contributed by atoms with Gasteiger partial charge < -0.3 is 14.6 Å². The van der Waals surface area contributed by atoms with Gasteiger partial charge in [0.25, 0.3) is 0 Å². The lowest BCUT2D eigenvalue weighted by Gasteiger charge is -2.10. The molecule has 0 saturated carbocycles. The van der Waals surface area contributed by atoms with Crippen molar-refractivity contribution in [3.63, 3.8) is 0 Å². The van der Waals surface area contributed by atoms with Crippen LogP contribution >= 0.6 is 0 Å². The Balaban J connectivity index is 1.94. The van der Waals surface area contributed by atoms with E-state index in [1.807, 2.05) is 0 Å². The minimum absolute atomic E-state index is 0.00718. The smallest absolute Gasteiger partial charge is 0.335 e. The van der Waals surface area contributed by atoms with Gasteiger partial charge >= 0.3 is 11.7 Å². The highest BCUT2D eigenvalue weighted by Gasteiger charge is 2.19. The summed E-state index contributed by atoms with van der Waals surface area (Å²) in [7, 11) is 0. The zero-order chi connectivity index (χ0) is 15.2. The minimum Gasteiger partial charge on any atom is -0.487 e. The first-order valence-electron chi connectivity index (χ1n) is 6.84. The summed E-state index contributed by atoms with van der Waals surface area (Å²) in [5, 5.41) is 19.8. The van der Waals surface area contributed by atoms with E-state index in [2.05, 4.69) is 0 Å². The molecule has 0 radical (unpaired) electrons. The maximum Gasteiger partial charge on any atom is 0.335 e. The highest BCUT2D eigenvalue weighted by atomic mass is 16.6. The predicted molar refractivity (Wildman–Crippen MR) is 73.8 cm³/mol. The van der Waals surface area contributed by atoms with Crippen molar-refractivity contribution < 1.29 is 24.3 Å². The van der Waals surface area contributed by atoms with Crippen molar-refractivity contribution in [1.82, 2.24) is 0 Å². The van der Waals surface area contributed by atoms with E-state index in [9.17, 15) is 14.9 Å². The van der Waals surface area contributed by atoms with E-state index in [1.165, 1.54) is 12.1 Å². The Morgan fingerprint density at radius 3 is 2.95 bits per heavy atom. The average Bonchev–Trinajstić information content (AvgIpc) is 2.96. The Morgan fingerprint density at radius 1 is 1.52 bits per heavy atom. The summed E-state index contributed by atoms with van der Waals surface area (Å²) in [6.07, 6.45) is 3.90. The molecule has 0 spiro atoms. The third-order valence-corrected chi connectivity index (χ3v) is 3.36. The molecule has 1 unspecified atom stereocenters. The molecule has 7 heteroatoms. The summed E-state index contributed by atoms with van der Waals surface area (Å²) in [5.41, 5.74) is -0.258. The number of carboxylic acids is 1. The number of carbonyl (C=O) groups is 1. The van der Waals surface area contributed by atoms with Crippen molar-refractivity contribution in [2.75, 3.05) is 13.2 Å². The third kappa shape index (κ3) is 4.16. The molecule has 1 fully saturated rings. The monoisotopic (exact) mass is 295 g/mol. The predicted octanol–water partition coefficient (Wildman–Crippen LogP) is 2.63. The van der Waals surface area contributed by atoms with Gasteiger partial charge in [-0.1, -0.05) is 0 Å². The standard InChI is InChI=1S/C14H17NO6/c16-14(17)10-5-6-12(15(18)19)13(9-10)21-8-2-4-11-3-1-7-20-11/h5-6,9,11H,1-4,7-8H2,(H,16,17). The Morgan fingerprint density at radius 2 is 2.33 bits per heavy atom. The molecule has 1 aromatic carbocycles. The first-order valence-corrected chi connectivity index (χ1v) is 6.84. The van der Waals surface area contributed by atoms with Gasteiger partial charge in [-0.2, -0.15) is 0 Å². The largest absolute Gasteiger partial charge is 0.487 e. The van der Waals surface area contributed by atoms with Crippen LogP contribution in [0, 0.1) is 10.1 Å². The van der Waals surface area contributed by atoms with Crippen LogP contribution in [0.2, 0.25) is 0 Å². The fraction of sp³-hybridized carbons (Fsp3) is 0.500. The summed E-state index contributed by atoms with van der Waals surface area (Å²) in [6, 6.07) is 3.53. The van der Waals surface area contributed by atoms with Gasteiger partial charge in [0.2, 0.25) is 0 Å². The topological polar surface area (TPSA) is 98.9 Å². The summed E-state index contributed by atoms with van der Waals surface area (Å²) in [4.78, 5) is 21.2. The molecular formula is C14H17NO6. The molecule has 1 aliphatic rings. The zero-order valence-corrected chi connectivity index (χ0v) is 11.5. The van der Waals surface area contributed by atoms with Gasteiger partial charge in [-0.15, -0.1) is 0 Å². The van der Waals surface area contributed by atoms with E-state index < -0.39 is 10.9 Å². The van der Waals surface area contributed by atoms with E-state index in [0.29, 0.717) is 13.0 Å². The number of hydrogen-bond donors (Lipinski definition) is 1. The first kappa shape index (κ1) is 15.2. The fourth-order valence-corrected chi connectivity index (χ4v) is 2.28. The molecule has 1 atom stereocenters. The molecule has 21 heavy (non-hydrogen) atoms. The van der Waals surface area contributed by atoms with Crippen LogP contribution in [0.25, 0.3) is 0 Å². The lowest BCUT2D eigenvalue weighted by atomic mass is 10.1. The second kappa shape index (κ2) is 7.03. The Hall–Kier alpha value is -2.15. The van der Waals surface area contributed by atoms with Crippen molar-refractivity contribution in [1.29, 1.82) is 0 Å². The number of aromatic carboxylic acids is 1. The number of carboxylic acid groups (broad SMARTS) is 1. The van der Waals surface area contributed by atoms with Gasteiger partial charge in [-0.05, 0) is 31.7 Å². The number of ether oxygens (including phenoxy) is 2. The molecule has 1 heterocycles. The average molecular weight is 295 g/mol. The van der Waals surface area contributed by atoms with Crippen LogP contribution in [-0.4, -0.2) is 35.3 Å². The van der Waals surface area contributed by atoms with E-state index in [0.717, 1.165) is 31.9 Å². The van der Waals surface area contributed by atoms with Crippen molar-refractivity contribution in [3.05, 3.63) is 33.9 Å². The fourth-order valence-electron chi connectivity index (χ4n) is 2.28. The molecule has 1 saturated heterocycles. The van der Waals surface area contributed by atoms with Crippen LogP contribution in [-0.2, 0) is 4.74 Å². The van der Waals surface area contributed by atoms with Crippen molar-refractivity contribution in [2.45, 2.75) is 31.8 Å². The normalized spacial score (nSPS) is 17.6. The van der Waals surface area contributed by atoms with Gasteiger partial charge in [0.15, 0.2) is 5.75 Å². The maximum atomic E-state index is 10.9. The molecule has 1 aliphatic heterocycles. The number of nitrogens with zero attached hydrogens (tertiary/aromatic N) is 1. The van der Waals surface area contributed by atoms with Gasteiger partial charge in [-0.3, -0.25) is 10.1 Å². The molecule has 114 valence electrons. The van der Waals surface area contributed by atoms with E-state index >= 15 is 0 Å². The summed E-state index contributed by atoms with van der Waals surface area (Å²) in [5.74, 6) is -1.15. The van der Waals surface area contributed by atoms with E-state index in [1.54, 1.807) is 0 Å². The molecule has 7 nitrogen and oxygen atoms in total. The molecule has 1 N–H and O–H groups in total. The van der Waals surface area contributed by atoms with Crippen LogP contribution in [0.4, 0.5) is 5.69 Å². The lowest BCUT2D eigenvalue weighted by molar-refractivity contribution is -0.385. The molecule has 0 aromatic heterocycles. The molecule has 0 bridgehead atoms. The van der Waals surface area contributed by atoms with E-state index in [4.69, 9.17) is 14.6 Å². The first-order chi connectivity index (χ1) is 10.1. The highest BCUT2D eigenvalue weighted by Crippen LogP contribution is 2.28. The molecule has 2 rings (SSSR count). The van der Waals surface area contributed by atoms with Gasteiger partial charge in [0.05, 0.1) is 23.2 Å². The second-order valence-corrected chi connectivity index (χ2v) is 4.87. The molecular weight excluding hydrogens is 278 g/mol. The van der Waals surface area contributed by atoms with Crippen LogP contribution in [0.5, 0.6) is 5.75 Å². The van der Waals surface area contributed by atoms with Crippen LogP contribution in [0.3, 0.4) is 0 Å². The van der Waals surface area contributed by atoms with Gasteiger partial charge in [0.1, 0.15) is 0 Å². The summed E-state index contributed by atoms with van der Waals surface area (Å²) >= 11 is 0. The van der Waals surface area contributed by atoms with Gasteiger partial charge in [0, 0.05) is 18.7 Å². The second-order valence-electron chi connectivity index (χ2n) is 4.87. The van der Waals surface area contributed by atoms with Crippen molar-refractivity contribution >= 4 is 11.7 Å². The van der Waals surface area contributed by atoms with Crippen LogP contribution in [0.1, 0.15) is 36.0 Å². The highest BCUT2D eigenvalue weighted by molar-refractivity contribution is 5.88. The zero-order valence-electron chi connectivity index (χ0n) is 11.5. The SMILES string of the molecule is O=C(O)c1ccc([N+](=O)[O-])c(OCCCC2CCCO2)c1. The Labute approximate surface area is 121 Å². The third-order valence-electron chi connectivity index (χ3n) is 3.36. The quantitative estimate of drug-likeness (QED) is 0.471. The number of nitro groups is 1. The maximum absolute atomic E-state index is 10.9. The lowest BCUT2D eigenvalue weighted by Crippen LogP contribution is -2.08. The summed E-state index contributed by atoms with van der Waals surface area (Å²) in [6.45, 7) is 1.08.